The van der Waals surface area contributed by atoms with Crippen LogP contribution >= 0.6 is 0 Å². The van der Waals surface area contributed by atoms with E-state index in [1.807, 2.05) is 0 Å². The zero-order chi connectivity index (χ0) is 13.9. The van der Waals surface area contributed by atoms with Gasteiger partial charge in [-0.1, -0.05) is 20.8 Å². The van der Waals surface area contributed by atoms with Crippen molar-refractivity contribution < 1.29 is 0 Å². The lowest BCUT2D eigenvalue weighted by atomic mass is 9.99. The molecule has 18 heavy (non-hydrogen) atoms. The first-order chi connectivity index (χ1) is 8.31. The van der Waals surface area contributed by atoms with Crippen molar-refractivity contribution in [3.05, 3.63) is 17.0 Å². The van der Waals surface area contributed by atoms with E-state index in [0.717, 1.165) is 24.6 Å². The summed E-state index contributed by atoms with van der Waals surface area (Å²) in [5, 5.41) is 4.67. The van der Waals surface area contributed by atoms with E-state index in [1.165, 1.54) is 17.7 Å². The highest BCUT2D eigenvalue weighted by Gasteiger charge is 2.15. The molecule has 0 saturated heterocycles. The van der Waals surface area contributed by atoms with Gasteiger partial charge in [-0.2, -0.15) is 5.10 Å². The lowest BCUT2D eigenvalue weighted by Gasteiger charge is -2.15. The van der Waals surface area contributed by atoms with Crippen LogP contribution in [0.2, 0.25) is 0 Å². The molecule has 1 aromatic heterocycles. The third-order valence-corrected chi connectivity index (χ3v) is 3.42. The summed E-state index contributed by atoms with van der Waals surface area (Å²) in [6.07, 6.45) is 2.18. The fourth-order valence-electron chi connectivity index (χ4n) is 2.70. The summed E-state index contributed by atoms with van der Waals surface area (Å²) in [5.74, 6) is 1.42. The third-order valence-electron chi connectivity index (χ3n) is 3.42. The minimum Gasteiger partial charge on any atom is -0.328 e. The lowest BCUT2D eigenvalue weighted by Crippen LogP contribution is -2.19. The van der Waals surface area contributed by atoms with Crippen molar-refractivity contribution in [2.45, 2.75) is 67.0 Å². The molecule has 2 atom stereocenters. The Labute approximate surface area is 112 Å². The highest BCUT2D eigenvalue weighted by Crippen LogP contribution is 2.18. The predicted molar refractivity (Wildman–Crippen MR) is 77.7 cm³/mol. The molecule has 1 aromatic rings. The normalized spacial score (nSPS) is 15.1. The predicted octanol–water partition coefficient (Wildman–Crippen LogP) is 3.07. The van der Waals surface area contributed by atoms with Crippen LogP contribution in [-0.4, -0.2) is 15.8 Å². The van der Waals surface area contributed by atoms with Gasteiger partial charge in [-0.05, 0) is 51.0 Å². The van der Waals surface area contributed by atoms with Gasteiger partial charge in [0, 0.05) is 18.3 Å². The summed E-state index contributed by atoms with van der Waals surface area (Å²) in [5.41, 5.74) is 9.67. The fourth-order valence-corrected chi connectivity index (χ4v) is 2.70. The molecule has 0 saturated carbocycles. The summed E-state index contributed by atoms with van der Waals surface area (Å²) >= 11 is 0. The van der Waals surface area contributed by atoms with Gasteiger partial charge in [-0.15, -0.1) is 0 Å². The van der Waals surface area contributed by atoms with Gasteiger partial charge in [0.1, 0.15) is 0 Å². The van der Waals surface area contributed by atoms with E-state index in [2.05, 4.69) is 51.3 Å². The minimum absolute atomic E-state index is 0.202. The molecule has 0 aromatic carbocycles. The van der Waals surface area contributed by atoms with Gasteiger partial charge >= 0.3 is 0 Å². The van der Waals surface area contributed by atoms with Crippen molar-refractivity contribution in [2.75, 3.05) is 0 Å². The number of nitrogens with two attached hydrogens (primary N) is 1. The van der Waals surface area contributed by atoms with E-state index in [-0.39, 0.29) is 6.04 Å². The van der Waals surface area contributed by atoms with Gasteiger partial charge in [0.2, 0.25) is 0 Å². The minimum atomic E-state index is 0.202. The van der Waals surface area contributed by atoms with Crippen LogP contribution < -0.4 is 5.73 Å². The SMILES string of the molecule is Cc1nn(CC(C)CC(C)C)c(C)c1CC(C)N. The summed E-state index contributed by atoms with van der Waals surface area (Å²) < 4.78 is 2.17. The third kappa shape index (κ3) is 4.13. The number of hydrogen-bond donors (Lipinski definition) is 1. The largest absolute Gasteiger partial charge is 0.328 e. The first kappa shape index (κ1) is 15.2. The molecule has 0 fully saturated rings. The number of rotatable bonds is 6. The summed E-state index contributed by atoms with van der Waals surface area (Å²) in [6, 6.07) is 0.202. The van der Waals surface area contributed by atoms with Crippen molar-refractivity contribution in [1.29, 1.82) is 0 Å². The fraction of sp³-hybridized carbons (Fsp3) is 0.800. The standard InChI is InChI=1S/C15H29N3/c1-10(2)7-11(3)9-18-14(6)15(8-12(4)16)13(5)17-18/h10-12H,7-9,16H2,1-6H3. The highest BCUT2D eigenvalue weighted by atomic mass is 15.3. The molecule has 104 valence electrons. The molecule has 3 heteroatoms. The van der Waals surface area contributed by atoms with E-state index in [9.17, 15) is 0 Å². The van der Waals surface area contributed by atoms with Gasteiger partial charge in [0.05, 0.1) is 5.69 Å². The van der Waals surface area contributed by atoms with Gasteiger partial charge in [-0.3, -0.25) is 4.68 Å². The molecular weight excluding hydrogens is 222 g/mol. The van der Waals surface area contributed by atoms with Crippen molar-refractivity contribution in [1.82, 2.24) is 9.78 Å². The Bertz CT molecular complexity index is 377. The van der Waals surface area contributed by atoms with Crippen LogP contribution in [0.25, 0.3) is 0 Å². The second kappa shape index (κ2) is 6.37. The van der Waals surface area contributed by atoms with Crippen LogP contribution in [0.5, 0.6) is 0 Å². The molecule has 2 unspecified atom stereocenters. The molecular formula is C15H29N3. The maximum absolute atomic E-state index is 5.90. The summed E-state index contributed by atoms with van der Waals surface area (Å²) in [4.78, 5) is 0. The van der Waals surface area contributed by atoms with Crippen LogP contribution in [0.4, 0.5) is 0 Å². The quantitative estimate of drug-likeness (QED) is 0.844. The Morgan fingerprint density at radius 1 is 1.17 bits per heavy atom. The van der Waals surface area contributed by atoms with E-state index in [1.54, 1.807) is 0 Å². The monoisotopic (exact) mass is 251 g/mol. The van der Waals surface area contributed by atoms with Gasteiger partial charge in [0.15, 0.2) is 0 Å². The van der Waals surface area contributed by atoms with Gasteiger partial charge in [-0.25, -0.2) is 0 Å². The Balaban J connectivity index is 2.78. The molecule has 1 heterocycles. The summed E-state index contributed by atoms with van der Waals surface area (Å²) in [6.45, 7) is 14.2. The molecule has 0 radical (unpaired) electrons. The maximum Gasteiger partial charge on any atom is 0.0629 e. The Morgan fingerprint density at radius 2 is 1.78 bits per heavy atom. The number of aryl methyl sites for hydroxylation is 1. The number of nitrogens with zero attached hydrogens (tertiary/aromatic N) is 2. The number of aromatic nitrogens is 2. The molecule has 0 aliphatic carbocycles. The second-order valence-corrected chi connectivity index (χ2v) is 6.25. The molecule has 0 aliphatic heterocycles. The second-order valence-electron chi connectivity index (χ2n) is 6.25. The highest BCUT2D eigenvalue weighted by molar-refractivity contribution is 5.25. The van der Waals surface area contributed by atoms with Crippen LogP contribution in [0, 0.1) is 25.7 Å². The molecule has 0 spiro atoms. The molecule has 0 bridgehead atoms. The molecule has 0 aliphatic rings. The Kier molecular flexibility index (Phi) is 5.39. The van der Waals surface area contributed by atoms with Crippen molar-refractivity contribution in [3.63, 3.8) is 0 Å². The lowest BCUT2D eigenvalue weighted by molar-refractivity contribution is 0.369. The number of hydrogen-bond acceptors (Lipinski definition) is 2. The molecule has 1 rings (SSSR count). The zero-order valence-corrected chi connectivity index (χ0v) is 12.8. The Hall–Kier alpha value is -0.830. The maximum atomic E-state index is 5.90. The first-order valence-electron chi connectivity index (χ1n) is 7.09. The van der Waals surface area contributed by atoms with Crippen molar-refractivity contribution in [3.8, 4) is 0 Å². The van der Waals surface area contributed by atoms with Gasteiger partial charge < -0.3 is 5.73 Å². The van der Waals surface area contributed by atoms with E-state index < -0.39 is 0 Å². The Morgan fingerprint density at radius 3 is 2.28 bits per heavy atom. The average molecular weight is 251 g/mol. The summed E-state index contributed by atoms with van der Waals surface area (Å²) in [7, 11) is 0. The van der Waals surface area contributed by atoms with Crippen LogP contribution in [0.3, 0.4) is 0 Å². The topological polar surface area (TPSA) is 43.8 Å². The van der Waals surface area contributed by atoms with Gasteiger partial charge in [0.25, 0.3) is 0 Å². The zero-order valence-electron chi connectivity index (χ0n) is 12.8. The van der Waals surface area contributed by atoms with Crippen molar-refractivity contribution >= 4 is 0 Å². The van der Waals surface area contributed by atoms with E-state index >= 15 is 0 Å². The van der Waals surface area contributed by atoms with Crippen molar-refractivity contribution in [2.24, 2.45) is 17.6 Å². The van der Waals surface area contributed by atoms with Crippen LogP contribution in [0.15, 0.2) is 0 Å². The smallest absolute Gasteiger partial charge is 0.0629 e. The first-order valence-corrected chi connectivity index (χ1v) is 7.09. The van der Waals surface area contributed by atoms with E-state index in [0.29, 0.717) is 5.92 Å². The molecule has 0 amide bonds. The van der Waals surface area contributed by atoms with Crippen LogP contribution in [-0.2, 0) is 13.0 Å². The molecule has 3 nitrogen and oxygen atoms in total. The van der Waals surface area contributed by atoms with Crippen LogP contribution in [0.1, 0.15) is 51.1 Å². The van der Waals surface area contributed by atoms with E-state index in [4.69, 9.17) is 5.73 Å². The average Bonchev–Trinajstić information content (AvgIpc) is 2.44. The molecule has 2 N–H and O–H groups in total.